The van der Waals surface area contributed by atoms with Crippen molar-refractivity contribution in [2.24, 2.45) is 0 Å². The maximum absolute atomic E-state index is 12.4. The molecule has 0 aliphatic rings. The van der Waals surface area contributed by atoms with E-state index in [2.05, 4.69) is 19.2 Å². The van der Waals surface area contributed by atoms with E-state index in [1.807, 2.05) is 13.8 Å². The van der Waals surface area contributed by atoms with Crippen molar-refractivity contribution >= 4 is 6.09 Å². The molecular weight excluding hydrogens is 482 g/mol. The minimum atomic E-state index is -0.245. The Kier molecular flexibility index (Phi) is 31.1. The Morgan fingerprint density at radius 1 is 0.538 bits per heavy atom. The molecule has 0 saturated heterocycles. The highest BCUT2D eigenvalue weighted by atomic mass is 16.6. The van der Waals surface area contributed by atoms with Crippen molar-refractivity contribution in [3.05, 3.63) is 0 Å². The van der Waals surface area contributed by atoms with Gasteiger partial charge in [0.25, 0.3) is 0 Å². The molecule has 1 atom stereocenters. The third-order valence-corrected chi connectivity index (χ3v) is 7.82. The molecule has 0 aromatic rings. The topological polar surface area (TPSA) is 47.6 Å². The van der Waals surface area contributed by atoms with Crippen LogP contribution in [0.25, 0.3) is 0 Å². The summed E-state index contributed by atoms with van der Waals surface area (Å²) in [5.41, 5.74) is 0. The maximum atomic E-state index is 12.4. The maximum Gasteiger partial charge on any atom is 0.407 e. The Hall–Kier alpha value is -0.770. The summed E-state index contributed by atoms with van der Waals surface area (Å²) in [6.45, 7) is 9.94. The quantitative estimate of drug-likeness (QED) is 0.0868. The first-order valence-corrected chi connectivity index (χ1v) is 17.7. The molecule has 0 aliphatic heterocycles. The molecule has 234 valence electrons. The number of ether oxygens (including phenoxy) is 2. The van der Waals surface area contributed by atoms with Crippen LogP contribution in [-0.4, -0.2) is 31.5 Å². The van der Waals surface area contributed by atoms with Gasteiger partial charge in [0, 0.05) is 13.2 Å². The van der Waals surface area contributed by atoms with Crippen LogP contribution in [0.15, 0.2) is 0 Å². The highest BCUT2D eigenvalue weighted by Crippen LogP contribution is 2.18. The monoisotopic (exact) mass is 554 g/mol. The second-order valence-electron chi connectivity index (χ2n) is 12.2. The van der Waals surface area contributed by atoms with Crippen LogP contribution in [0.1, 0.15) is 195 Å². The van der Waals surface area contributed by atoms with Gasteiger partial charge in [0.2, 0.25) is 0 Å². The predicted octanol–water partition coefficient (Wildman–Crippen LogP) is 11.7. The van der Waals surface area contributed by atoms with Gasteiger partial charge in [-0.15, -0.1) is 0 Å². The molecule has 0 heterocycles. The predicted molar refractivity (Wildman–Crippen MR) is 171 cm³/mol. The van der Waals surface area contributed by atoms with Crippen LogP contribution >= 0.6 is 0 Å². The van der Waals surface area contributed by atoms with Gasteiger partial charge in [-0.25, -0.2) is 4.79 Å². The van der Waals surface area contributed by atoms with E-state index in [-0.39, 0.29) is 18.3 Å². The largest absolute Gasteiger partial charge is 0.446 e. The molecule has 1 N–H and O–H groups in total. The lowest BCUT2D eigenvalue weighted by atomic mass is 10.0. The van der Waals surface area contributed by atoms with Crippen molar-refractivity contribution in [1.82, 2.24) is 5.32 Å². The van der Waals surface area contributed by atoms with Crippen molar-refractivity contribution in [1.29, 1.82) is 0 Å². The summed E-state index contributed by atoms with van der Waals surface area (Å²) in [5.74, 6) is 0. The molecule has 0 radical (unpaired) electrons. The molecule has 0 aliphatic carbocycles. The Balaban J connectivity index is 3.93. The lowest BCUT2D eigenvalue weighted by molar-refractivity contribution is 0.0720. The number of nitrogens with one attached hydrogen (secondary N) is 1. The van der Waals surface area contributed by atoms with Crippen molar-refractivity contribution in [3.8, 4) is 0 Å². The Morgan fingerprint density at radius 2 is 0.897 bits per heavy atom. The summed E-state index contributed by atoms with van der Waals surface area (Å²) in [4.78, 5) is 12.4. The standard InChI is InChI=1S/C35H71NO3/c1-5-7-9-11-13-15-16-17-18-19-20-21-23-25-27-30-34(29-26-24-22-14-12-10-8-6-2)39-35(37)36-31-28-32-38-33(3)4/h33-34H,5-32H2,1-4H3,(H,36,37). The molecule has 0 rings (SSSR count). The highest BCUT2D eigenvalue weighted by Gasteiger charge is 2.14. The number of unbranched alkanes of at least 4 members (excludes halogenated alkanes) is 21. The Labute approximate surface area is 245 Å². The van der Waals surface area contributed by atoms with Crippen molar-refractivity contribution in [3.63, 3.8) is 0 Å². The number of rotatable bonds is 31. The summed E-state index contributed by atoms with van der Waals surface area (Å²) in [6, 6.07) is 0. The summed E-state index contributed by atoms with van der Waals surface area (Å²) < 4.78 is 11.4. The Morgan fingerprint density at radius 3 is 1.26 bits per heavy atom. The van der Waals surface area contributed by atoms with Gasteiger partial charge in [-0.2, -0.15) is 0 Å². The fourth-order valence-corrected chi connectivity index (χ4v) is 5.29. The molecule has 0 fully saturated rings. The lowest BCUT2D eigenvalue weighted by Crippen LogP contribution is -2.30. The molecule has 4 heteroatoms. The van der Waals surface area contributed by atoms with Crippen molar-refractivity contribution in [2.75, 3.05) is 13.2 Å². The fraction of sp³-hybridized carbons (Fsp3) is 0.971. The number of amides is 1. The molecule has 0 spiro atoms. The van der Waals surface area contributed by atoms with E-state index in [1.165, 1.54) is 148 Å². The van der Waals surface area contributed by atoms with Crippen molar-refractivity contribution in [2.45, 2.75) is 207 Å². The number of carbonyl (C=O) groups excluding carboxylic acids is 1. The molecule has 4 nitrogen and oxygen atoms in total. The van der Waals surface area contributed by atoms with Gasteiger partial charge in [-0.1, -0.05) is 149 Å². The molecule has 0 aromatic heterocycles. The summed E-state index contributed by atoms with van der Waals surface area (Å²) in [7, 11) is 0. The SMILES string of the molecule is CCCCCCCCCCCCCCCCCC(CCCCCCCCCC)OC(=O)NCCCOC(C)C. The summed E-state index contributed by atoms with van der Waals surface area (Å²) in [6.07, 6.45) is 34.2. The van der Waals surface area contributed by atoms with E-state index in [0.717, 1.165) is 19.3 Å². The number of alkyl carbamates (subject to hydrolysis) is 1. The van der Waals surface area contributed by atoms with Gasteiger partial charge in [-0.05, 0) is 46.0 Å². The van der Waals surface area contributed by atoms with E-state index in [4.69, 9.17) is 9.47 Å². The van der Waals surface area contributed by atoms with Gasteiger partial charge in [0.05, 0.1) is 6.10 Å². The molecule has 39 heavy (non-hydrogen) atoms. The van der Waals surface area contributed by atoms with Gasteiger partial charge < -0.3 is 14.8 Å². The molecule has 0 aromatic carbocycles. The highest BCUT2D eigenvalue weighted by molar-refractivity contribution is 5.67. The average molecular weight is 554 g/mol. The van der Waals surface area contributed by atoms with Crippen LogP contribution in [0.4, 0.5) is 4.79 Å². The second-order valence-corrected chi connectivity index (χ2v) is 12.2. The van der Waals surface area contributed by atoms with Crippen LogP contribution in [0.3, 0.4) is 0 Å². The summed E-state index contributed by atoms with van der Waals surface area (Å²) >= 11 is 0. The van der Waals surface area contributed by atoms with Gasteiger partial charge >= 0.3 is 6.09 Å². The van der Waals surface area contributed by atoms with E-state index < -0.39 is 0 Å². The van der Waals surface area contributed by atoms with E-state index in [9.17, 15) is 4.79 Å². The minimum absolute atomic E-state index is 0.0685. The first kappa shape index (κ1) is 38.2. The zero-order valence-corrected chi connectivity index (χ0v) is 27.2. The second kappa shape index (κ2) is 31.8. The number of hydrogen-bond acceptors (Lipinski definition) is 3. The van der Waals surface area contributed by atoms with E-state index in [1.54, 1.807) is 0 Å². The molecule has 1 unspecified atom stereocenters. The molecule has 0 bridgehead atoms. The van der Waals surface area contributed by atoms with Gasteiger partial charge in [0.15, 0.2) is 0 Å². The van der Waals surface area contributed by atoms with Crippen LogP contribution in [-0.2, 0) is 9.47 Å². The number of hydrogen-bond donors (Lipinski definition) is 1. The zero-order chi connectivity index (χ0) is 28.7. The van der Waals surface area contributed by atoms with Gasteiger partial charge in [-0.3, -0.25) is 0 Å². The zero-order valence-electron chi connectivity index (χ0n) is 27.2. The van der Waals surface area contributed by atoms with Crippen molar-refractivity contribution < 1.29 is 14.3 Å². The van der Waals surface area contributed by atoms with Crippen LogP contribution < -0.4 is 5.32 Å². The summed E-state index contributed by atoms with van der Waals surface area (Å²) in [5, 5.41) is 2.93. The molecule has 0 saturated carbocycles. The third-order valence-electron chi connectivity index (χ3n) is 7.82. The lowest BCUT2D eigenvalue weighted by Gasteiger charge is -2.18. The minimum Gasteiger partial charge on any atom is -0.446 e. The normalized spacial score (nSPS) is 12.2. The van der Waals surface area contributed by atoms with Crippen LogP contribution in [0, 0.1) is 0 Å². The van der Waals surface area contributed by atoms with E-state index in [0.29, 0.717) is 13.2 Å². The van der Waals surface area contributed by atoms with E-state index >= 15 is 0 Å². The molecule has 1 amide bonds. The first-order valence-electron chi connectivity index (χ1n) is 17.7. The first-order chi connectivity index (χ1) is 19.1. The smallest absolute Gasteiger partial charge is 0.407 e. The average Bonchev–Trinajstić information content (AvgIpc) is 2.91. The fourth-order valence-electron chi connectivity index (χ4n) is 5.29. The number of carbonyl (C=O) groups is 1. The van der Waals surface area contributed by atoms with Crippen LogP contribution in [0.2, 0.25) is 0 Å². The van der Waals surface area contributed by atoms with Crippen LogP contribution in [0.5, 0.6) is 0 Å². The molecular formula is C35H71NO3. The van der Waals surface area contributed by atoms with Gasteiger partial charge in [0.1, 0.15) is 6.10 Å². The Bertz CT molecular complexity index is 483. The third kappa shape index (κ3) is 31.6.